The number of carboxylic acid groups (broad SMARTS) is 1. The molecule has 0 saturated heterocycles. The Morgan fingerprint density at radius 2 is 2.10 bits per heavy atom. The maximum atomic E-state index is 11.7. The third-order valence-corrected chi connectivity index (χ3v) is 2.98. The standard InChI is InChI=1S/C14H21N3O3/c1-4-15-13(18)12-7-10(5-6-16-12)17-8-11(9(2)3)14(19)20/h5-7,9,11H,4,8H2,1-3H3,(H,15,18)(H,16,17)(H,19,20). The molecule has 1 aromatic rings. The fraction of sp³-hybridized carbons (Fsp3) is 0.500. The van der Waals surface area contributed by atoms with Crippen molar-refractivity contribution in [2.45, 2.75) is 20.8 Å². The third kappa shape index (κ3) is 4.53. The van der Waals surface area contributed by atoms with Gasteiger partial charge in [-0.3, -0.25) is 14.6 Å². The number of nitrogens with one attached hydrogen (secondary N) is 2. The van der Waals surface area contributed by atoms with E-state index in [4.69, 9.17) is 5.11 Å². The topological polar surface area (TPSA) is 91.3 Å². The van der Waals surface area contributed by atoms with Gasteiger partial charge in [0.2, 0.25) is 0 Å². The van der Waals surface area contributed by atoms with Crippen molar-refractivity contribution in [1.29, 1.82) is 0 Å². The maximum absolute atomic E-state index is 11.7. The van der Waals surface area contributed by atoms with Crippen molar-refractivity contribution in [2.24, 2.45) is 11.8 Å². The number of aliphatic carboxylic acids is 1. The first-order chi connectivity index (χ1) is 9.45. The summed E-state index contributed by atoms with van der Waals surface area (Å²) in [6.45, 7) is 6.42. The first-order valence-electron chi connectivity index (χ1n) is 6.66. The highest BCUT2D eigenvalue weighted by atomic mass is 16.4. The molecule has 0 saturated carbocycles. The van der Waals surface area contributed by atoms with Gasteiger partial charge < -0.3 is 15.7 Å². The Balaban J connectivity index is 2.71. The predicted octanol–water partition coefficient (Wildman–Crippen LogP) is 1.60. The molecular weight excluding hydrogens is 258 g/mol. The Bertz CT molecular complexity index is 474. The van der Waals surface area contributed by atoms with Gasteiger partial charge in [0.15, 0.2) is 0 Å². The molecule has 110 valence electrons. The third-order valence-electron chi connectivity index (χ3n) is 2.98. The molecule has 0 spiro atoms. The fourth-order valence-electron chi connectivity index (χ4n) is 1.75. The van der Waals surface area contributed by atoms with Crippen LogP contribution < -0.4 is 10.6 Å². The molecule has 0 aliphatic heterocycles. The van der Waals surface area contributed by atoms with Crippen molar-refractivity contribution >= 4 is 17.6 Å². The van der Waals surface area contributed by atoms with E-state index in [1.54, 1.807) is 12.1 Å². The van der Waals surface area contributed by atoms with Gasteiger partial charge in [0.1, 0.15) is 5.69 Å². The van der Waals surface area contributed by atoms with Gasteiger partial charge >= 0.3 is 5.97 Å². The number of pyridine rings is 1. The summed E-state index contributed by atoms with van der Waals surface area (Å²) in [5.41, 5.74) is 1.00. The summed E-state index contributed by atoms with van der Waals surface area (Å²) in [4.78, 5) is 26.7. The molecule has 1 heterocycles. The van der Waals surface area contributed by atoms with E-state index in [9.17, 15) is 9.59 Å². The lowest BCUT2D eigenvalue weighted by Gasteiger charge is -2.17. The number of hydrogen-bond donors (Lipinski definition) is 3. The molecule has 0 fully saturated rings. The van der Waals surface area contributed by atoms with E-state index in [2.05, 4.69) is 15.6 Å². The van der Waals surface area contributed by atoms with Crippen LogP contribution in [0.2, 0.25) is 0 Å². The van der Waals surface area contributed by atoms with E-state index in [0.29, 0.717) is 24.5 Å². The first kappa shape index (κ1) is 15.9. The monoisotopic (exact) mass is 279 g/mol. The van der Waals surface area contributed by atoms with Crippen LogP contribution in [0.5, 0.6) is 0 Å². The van der Waals surface area contributed by atoms with Crippen LogP contribution in [0.25, 0.3) is 0 Å². The molecule has 1 amide bonds. The van der Waals surface area contributed by atoms with Gasteiger partial charge in [-0.15, -0.1) is 0 Å². The summed E-state index contributed by atoms with van der Waals surface area (Å²) in [5, 5.41) is 14.8. The molecule has 0 aliphatic carbocycles. The summed E-state index contributed by atoms with van der Waals surface area (Å²) in [6.07, 6.45) is 1.53. The van der Waals surface area contributed by atoms with E-state index in [0.717, 1.165) is 0 Å². The van der Waals surface area contributed by atoms with Gasteiger partial charge in [-0.05, 0) is 25.0 Å². The molecule has 1 unspecified atom stereocenters. The SMILES string of the molecule is CCNC(=O)c1cc(NCC(C(=O)O)C(C)C)ccn1. The van der Waals surface area contributed by atoms with E-state index >= 15 is 0 Å². The molecule has 6 nitrogen and oxygen atoms in total. The van der Waals surface area contributed by atoms with Crippen molar-refractivity contribution < 1.29 is 14.7 Å². The Hall–Kier alpha value is -2.11. The average Bonchev–Trinajstić information content (AvgIpc) is 2.38. The number of amides is 1. The molecule has 0 aromatic carbocycles. The Morgan fingerprint density at radius 1 is 1.40 bits per heavy atom. The van der Waals surface area contributed by atoms with Crippen molar-refractivity contribution in [3.63, 3.8) is 0 Å². The minimum Gasteiger partial charge on any atom is -0.481 e. The zero-order valence-electron chi connectivity index (χ0n) is 12.0. The largest absolute Gasteiger partial charge is 0.481 e. The highest BCUT2D eigenvalue weighted by Gasteiger charge is 2.21. The minimum atomic E-state index is -0.828. The number of carboxylic acids is 1. The molecule has 0 bridgehead atoms. The summed E-state index contributed by atoms with van der Waals surface area (Å²) >= 11 is 0. The maximum Gasteiger partial charge on any atom is 0.308 e. The lowest BCUT2D eigenvalue weighted by molar-refractivity contribution is -0.142. The smallest absolute Gasteiger partial charge is 0.308 e. The molecule has 0 aliphatic rings. The van der Waals surface area contributed by atoms with Gasteiger partial charge in [-0.1, -0.05) is 13.8 Å². The number of hydrogen-bond acceptors (Lipinski definition) is 4. The molecule has 1 aromatic heterocycles. The number of carbonyl (C=O) groups is 2. The van der Waals surface area contributed by atoms with Crippen molar-refractivity contribution in [3.8, 4) is 0 Å². The Morgan fingerprint density at radius 3 is 2.65 bits per heavy atom. The van der Waals surface area contributed by atoms with Crippen LogP contribution in [0.15, 0.2) is 18.3 Å². The molecule has 0 radical (unpaired) electrons. The fourth-order valence-corrected chi connectivity index (χ4v) is 1.75. The van der Waals surface area contributed by atoms with Crippen LogP contribution in [0, 0.1) is 11.8 Å². The lowest BCUT2D eigenvalue weighted by Crippen LogP contribution is -2.28. The van der Waals surface area contributed by atoms with E-state index < -0.39 is 11.9 Å². The van der Waals surface area contributed by atoms with Crippen LogP contribution in [-0.4, -0.2) is 35.1 Å². The molecule has 6 heteroatoms. The number of anilines is 1. The zero-order valence-corrected chi connectivity index (χ0v) is 12.0. The summed E-state index contributed by atoms with van der Waals surface area (Å²) in [6, 6.07) is 3.33. The summed E-state index contributed by atoms with van der Waals surface area (Å²) < 4.78 is 0. The van der Waals surface area contributed by atoms with Crippen LogP contribution in [-0.2, 0) is 4.79 Å². The molecular formula is C14H21N3O3. The Kier molecular flexibility index (Phi) is 5.96. The van der Waals surface area contributed by atoms with Crippen LogP contribution in [0.4, 0.5) is 5.69 Å². The van der Waals surface area contributed by atoms with Gasteiger partial charge in [0.25, 0.3) is 5.91 Å². The highest BCUT2D eigenvalue weighted by molar-refractivity contribution is 5.93. The molecule has 1 atom stereocenters. The van der Waals surface area contributed by atoms with Gasteiger partial charge in [0, 0.05) is 25.0 Å². The van der Waals surface area contributed by atoms with Crippen molar-refractivity contribution in [2.75, 3.05) is 18.4 Å². The lowest BCUT2D eigenvalue weighted by atomic mass is 9.96. The van der Waals surface area contributed by atoms with Crippen LogP contribution in [0.3, 0.4) is 0 Å². The van der Waals surface area contributed by atoms with Gasteiger partial charge in [-0.25, -0.2) is 0 Å². The van der Waals surface area contributed by atoms with Crippen LogP contribution >= 0.6 is 0 Å². The van der Waals surface area contributed by atoms with Gasteiger partial charge in [-0.2, -0.15) is 0 Å². The molecule has 20 heavy (non-hydrogen) atoms. The highest BCUT2D eigenvalue weighted by Crippen LogP contribution is 2.14. The second-order valence-electron chi connectivity index (χ2n) is 4.86. The van der Waals surface area contributed by atoms with E-state index in [1.807, 2.05) is 20.8 Å². The predicted molar refractivity (Wildman–Crippen MR) is 76.7 cm³/mol. The number of carbonyl (C=O) groups excluding carboxylic acids is 1. The number of nitrogens with zero attached hydrogens (tertiary/aromatic N) is 1. The Labute approximate surface area is 118 Å². The molecule has 3 N–H and O–H groups in total. The second-order valence-corrected chi connectivity index (χ2v) is 4.86. The average molecular weight is 279 g/mol. The normalized spacial score (nSPS) is 12.0. The first-order valence-corrected chi connectivity index (χ1v) is 6.66. The summed E-state index contributed by atoms with van der Waals surface area (Å²) in [5.74, 6) is -1.51. The van der Waals surface area contributed by atoms with Crippen LogP contribution in [0.1, 0.15) is 31.3 Å². The van der Waals surface area contributed by atoms with E-state index in [1.165, 1.54) is 6.20 Å². The zero-order chi connectivity index (χ0) is 15.1. The van der Waals surface area contributed by atoms with Crippen molar-refractivity contribution in [3.05, 3.63) is 24.0 Å². The molecule has 1 rings (SSSR count). The summed E-state index contributed by atoms with van der Waals surface area (Å²) in [7, 11) is 0. The number of rotatable bonds is 7. The second kappa shape index (κ2) is 7.47. The number of aromatic nitrogens is 1. The minimum absolute atomic E-state index is 0.0321. The quantitative estimate of drug-likeness (QED) is 0.705. The van der Waals surface area contributed by atoms with Gasteiger partial charge in [0.05, 0.1) is 5.92 Å². The van der Waals surface area contributed by atoms with Crippen molar-refractivity contribution in [1.82, 2.24) is 10.3 Å². The van der Waals surface area contributed by atoms with E-state index in [-0.39, 0.29) is 11.8 Å².